The van der Waals surface area contributed by atoms with Gasteiger partial charge in [0.05, 0.1) is 0 Å². The first-order chi connectivity index (χ1) is 10.3. The Morgan fingerprint density at radius 3 is 1.90 bits per heavy atom. The molecule has 1 aliphatic carbocycles. The third kappa shape index (κ3) is 5.90. The first-order valence-electron chi connectivity index (χ1n) is 9.80. The maximum Gasteiger partial charge on any atom is 0.0250 e. The molecule has 2 nitrogen and oxygen atoms in total. The SMILES string of the molecule is CC1CCCCCN1C1CCCCCCCCCCC1N. The van der Waals surface area contributed by atoms with Crippen LogP contribution >= 0.6 is 0 Å². The molecule has 1 aliphatic heterocycles. The molecule has 3 unspecified atom stereocenters. The fourth-order valence-electron chi connectivity index (χ4n) is 4.40. The van der Waals surface area contributed by atoms with Crippen LogP contribution in [0.3, 0.4) is 0 Å². The number of rotatable bonds is 1. The van der Waals surface area contributed by atoms with Gasteiger partial charge in [0.15, 0.2) is 0 Å². The van der Waals surface area contributed by atoms with Crippen LogP contribution in [0.15, 0.2) is 0 Å². The Morgan fingerprint density at radius 1 is 0.667 bits per heavy atom. The summed E-state index contributed by atoms with van der Waals surface area (Å²) in [5.74, 6) is 0. The number of hydrogen-bond donors (Lipinski definition) is 1. The molecule has 1 saturated carbocycles. The number of hydrogen-bond acceptors (Lipinski definition) is 2. The molecule has 0 amide bonds. The molecular formula is C19H38N2. The molecule has 0 aromatic carbocycles. The van der Waals surface area contributed by atoms with Gasteiger partial charge >= 0.3 is 0 Å². The van der Waals surface area contributed by atoms with E-state index < -0.39 is 0 Å². The molecule has 0 radical (unpaired) electrons. The number of nitrogens with two attached hydrogens (primary N) is 1. The molecule has 21 heavy (non-hydrogen) atoms. The lowest BCUT2D eigenvalue weighted by Crippen LogP contribution is -2.51. The normalized spacial score (nSPS) is 35.4. The minimum Gasteiger partial charge on any atom is -0.326 e. The second-order valence-electron chi connectivity index (χ2n) is 7.57. The number of likely N-dealkylation sites (tertiary alicyclic amines) is 1. The van der Waals surface area contributed by atoms with E-state index >= 15 is 0 Å². The van der Waals surface area contributed by atoms with Crippen LogP contribution in [0.5, 0.6) is 0 Å². The highest BCUT2D eigenvalue weighted by Gasteiger charge is 2.28. The van der Waals surface area contributed by atoms with E-state index in [2.05, 4.69) is 11.8 Å². The zero-order valence-electron chi connectivity index (χ0n) is 14.4. The van der Waals surface area contributed by atoms with E-state index in [0.29, 0.717) is 12.1 Å². The highest BCUT2D eigenvalue weighted by Crippen LogP contribution is 2.25. The predicted octanol–water partition coefficient (Wildman–Crippen LogP) is 4.86. The first kappa shape index (κ1) is 17.3. The van der Waals surface area contributed by atoms with Crippen molar-refractivity contribution in [1.29, 1.82) is 0 Å². The van der Waals surface area contributed by atoms with Crippen molar-refractivity contribution >= 4 is 0 Å². The fourth-order valence-corrected chi connectivity index (χ4v) is 4.40. The summed E-state index contributed by atoms with van der Waals surface area (Å²) in [5, 5.41) is 0. The van der Waals surface area contributed by atoms with Gasteiger partial charge in [-0.25, -0.2) is 0 Å². The molecule has 0 aromatic heterocycles. The average molecular weight is 295 g/mol. The van der Waals surface area contributed by atoms with Crippen LogP contribution in [0.25, 0.3) is 0 Å². The minimum atomic E-state index is 0.407. The molecule has 2 N–H and O–H groups in total. The van der Waals surface area contributed by atoms with Gasteiger partial charge in [0.2, 0.25) is 0 Å². The predicted molar refractivity (Wildman–Crippen MR) is 92.6 cm³/mol. The lowest BCUT2D eigenvalue weighted by Gasteiger charge is -2.39. The summed E-state index contributed by atoms with van der Waals surface area (Å²) >= 11 is 0. The molecule has 0 bridgehead atoms. The topological polar surface area (TPSA) is 29.3 Å². The lowest BCUT2D eigenvalue weighted by atomic mass is 9.92. The van der Waals surface area contributed by atoms with Gasteiger partial charge in [-0.1, -0.05) is 64.2 Å². The van der Waals surface area contributed by atoms with E-state index in [4.69, 9.17) is 5.73 Å². The van der Waals surface area contributed by atoms with Gasteiger partial charge in [0, 0.05) is 18.1 Å². The molecule has 1 saturated heterocycles. The van der Waals surface area contributed by atoms with Crippen LogP contribution in [-0.4, -0.2) is 29.6 Å². The van der Waals surface area contributed by atoms with Gasteiger partial charge in [-0.05, 0) is 39.2 Å². The van der Waals surface area contributed by atoms with Crippen molar-refractivity contribution in [2.45, 2.75) is 115 Å². The van der Waals surface area contributed by atoms with Gasteiger partial charge in [-0.3, -0.25) is 4.90 Å². The zero-order chi connectivity index (χ0) is 14.9. The second-order valence-corrected chi connectivity index (χ2v) is 7.57. The molecule has 2 rings (SSSR count). The minimum absolute atomic E-state index is 0.407. The van der Waals surface area contributed by atoms with Crippen molar-refractivity contribution in [3.63, 3.8) is 0 Å². The van der Waals surface area contributed by atoms with Gasteiger partial charge < -0.3 is 5.73 Å². The van der Waals surface area contributed by atoms with E-state index in [0.717, 1.165) is 6.04 Å². The van der Waals surface area contributed by atoms with Crippen molar-refractivity contribution in [1.82, 2.24) is 4.90 Å². The molecule has 0 aromatic rings. The molecule has 2 heteroatoms. The van der Waals surface area contributed by atoms with Crippen LogP contribution in [0.4, 0.5) is 0 Å². The largest absolute Gasteiger partial charge is 0.326 e. The summed E-state index contributed by atoms with van der Waals surface area (Å²) in [6.45, 7) is 3.73. The summed E-state index contributed by atoms with van der Waals surface area (Å²) in [5.41, 5.74) is 6.66. The maximum absolute atomic E-state index is 6.66. The Balaban J connectivity index is 1.96. The third-order valence-electron chi connectivity index (χ3n) is 5.81. The van der Waals surface area contributed by atoms with Crippen molar-refractivity contribution in [3.8, 4) is 0 Å². The summed E-state index contributed by atoms with van der Waals surface area (Å²) in [6.07, 6.45) is 19.5. The summed E-state index contributed by atoms with van der Waals surface area (Å²) in [7, 11) is 0. The van der Waals surface area contributed by atoms with E-state index in [9.17, 15) is 0 Å². The van der Waals surface area contributed by atoms with Crippen molar-refractivity contribution in [2.75, 3.05) is 6.54 Å². The average Bonchev–Trinajstić information content (AvgIpc) is 2.68. The van der Waals surface area contributed by atoms with E-state index in [1.807, 2.05) is 0 Å². The zero-order valence-corrected chi connectivity index (χ0v) is 14.4. The monoisotopic (exact) mass is 294 g/mol. The quantitative estimate of drug-likeness (QED) is 0.748. The molecule has 3 atom stereocenters. The van der Waals surface area contributed by atoms with Crippen LogP contribution in [0, 0.1) is 0 Å². The highest BCUT2D eigenvalue weighted by atomic mass is 15.2. The van der Waals surface area contributed by atoms with E-state index in [1.54, 1.807) is 0 Å². The van der Waals surface area contributed by atoms with Crippen LogP contribution in [0.1, 0.15) is 96.8 Å². The lowest BCUT2D eigenvalue weighted by molar-refractivity contribution is 0.112. The van der Waals surface area contributed by atoms with Crippen LogP contribution in [0.2, 0.25) is 0 Å². The van der Waals surface area contributed by atoms with E-state index in [-0.39, 0.29) is 0 Å². The molecule has 2 fully saturated rings. The molecule has 2 aliphatic rings. The summed E-state index contributed by atoms with van der Waals surface area (Å²) < 4.78 is 0. The first-order valence-corrected chi connectivity index (χ1v) is 9.80. The Hall–Kier alpha value is -0.0800. The summed E-state index contributed by atoms with van der Waals surface area (Å²) in [4.78, 5) is 2.80. The Kier molecular flexibility index (Phi) is 8.10. The molecule has 0 spiro atoms. The second kappa shape index (κ2) is 9.84. The van der Waals surface area contributed by atoms with Gasteiger partial charge in [0.1, 0.15) is 0 Å². The molecule has 124 valence electrons. The van der Waals surface area contributed by atoms with Crippen molar-refractivity contribution in [3.05, 3.63) is 0 Å². The number of nitrogens with zero attached hydrogens (tertiary/aromatic N) is 1. The van der Waals surface area contributed by atoms with Crippen LogP contribution in [-0.2, 0) is 0 Å². The Labute approximate surface area is 132 Å². The maximum atomic E-state index is 6.66. The van der Waals surface area contributed by atoms with Gasteiger partial charge in [-0.15, -0.1) is 0 Å². The fraction of sp³-hybridized carbons (Fsp3) is 1.00. The standard InChI is InChI=1S/C19H38N2/c1-17-13-9-8-12-16-21(17)19-15-11-7-5-3-2-4-6-10-14-18(19)20/h17-19H,2-16,20H2,1H3. The smallest absolute Gasteiger partial charge is 0.0250 e. The summed E-state index contributed by atoms with van der Waals surface area (Å²) in [6, 6.07) is 1.80. The Bertz CT molecular complexity index is 266. The highest BCUT2D eigenvalue weighted by molar-refractivity contribution is 4.86. The molecular weight excluding hydrogens is 256 g/mol. The molecule has 1 heterocycles. The van der Waals surface area contributed by atoms with Crippen molar-refractivity contribution in [2.24, 2.45) is 5.73 Å². The third-order valence-corrected chi connectivity index (χ3v) is 5.81. The van der Waals surface area contributed by atoms with Gasteiger partial charge in [0.25, 0.3) is 0 Å². The van der Waals surface area contributed by atoms with Crippen LogP contribution < -0.4 is 5.73 Å². The Morgan fingerprint density at radius 2 is 1.19 bits per heavy atom. The van der Waals surface area contributed by atoms with E-state index in [1.165, 1.54) is 96.4 Å². The van der Waals surface area contributed by atoms with Crippen molar-refractivity contribution < 1.29 is 0 Å². The van der Waals surface area contributed by atoms with Gasteiger partial charge in [-0.2, -0.15) is 0 Å².